The van der Waals surface area contributed by atoms with E-state index in [9.17, 15) is 9.90 Å². The number of carbonyl (C=O) groups excluding carboxylic acids is 1. The highest BCUT2D eigenvalue weighted by Gasteiger charge is 2.20. The number of benzene rings is 3. The van der Waals surface area contributed by atoms with Crippen LogP contribution in [0.25, 0.3) is 10.8 Å². The van der Waals surface area contributed by atoms with Gasteiger partial charge in [0.2, 0.25) is 0 Å². The molecule has 0 saturated carbocycles. The summed E-state index contributed by atoms with van der Waals surface area (Å²) in [5, 5.41) is 15.0. The molecule has 1 unspecified atom stereocenters. The summed E-state index contributed by atoms with van der Waals surface area (Å²) in [7, 11) is 5.55. The third kappa shape index (κ3) is 4.04. The second-order valence-corrected chi connectivity index (χ2v) is 6.65. The number of methoxy groups -OCH3 is 1. The summed E-state index contributed by atoms with van der Waals surface area (Å²) in [4.78, 5) is 14.7. The summed E-state index contributed by atoms with van der Waals surface area (Å²) < 4.78 is 5.46. The SMILES string of the molecule is COc1ccccc1C(CNC(=O)c1cc2ccccc2cc1O)N(C)C. The van der Waals surface area contributed by atoms with Crippen LogP contribution in [0.2, 0.25) is 0 Å². The molecule has 0 bridgehead atoms. The number of para-hydroxylation sites is 1. The van der Waals surface area contributed by atoms with Crippen LogP contribution in [0, 0.1) is 0 Å². The van der Waals surface area contributed by atoms with Crippen molar-refractivity contribution in [2.75, 3.05) is 27.7 Å². The topological polar surface area (TPSA) is 61.8 Å². The molecular formula is C22H24N2O3. The average molecular weight is 364 g/mol. The van der Waals surface area contributed by atoms with E-state index in [1.807, 2.05) is 67.5 Å². The monoisotopic (exact) mass is 364 g/mol. The molecule has 0 aliphatic heterocycles. The average Bonchev–Trinajstić information content (AvgIpc) is 2.67. The minimum Gasteiger partial charge on any atom is -0.507 e. The van der Waals surface area contributed by atoms with Gasteiger partial charge in [-0.15, -0.1) is 0 Å². The number of hydrogen-bond acceptors (Lipinski definition) is 4. The van der Waals surface area contributed by atoms with Crippen LogP contribution in [-0.4, -0.2) is 43.7 Å². The minimum atomic E-state index is -0.306. The number of ether oxygens (including phenoxy) is 1. The van der Waals surface area contributed by atoms with Crippen molar-refractivity contribution < 1.29 is 14.6 Å². The Bertz CT molecular complexity index is 953. The highest BCUT2D eigenvalue weighted by atomic mass is 16.5. The van der Waals surface area contributed by atoms with Gasteiger partial charge in [-0.2, -0.15) is 0 Å². The lowest BCUT2D eigenvalue weighted by atomic mass is 10.0. The Hall–Kier alpha value is -3.05. The second-order valence-electron chi connectivity index (χ2n) is 6.65. The molecule has 0 aliphatic carbocycles. The number of rotatable bonds is 6. The van der Waals surface area contributed by atoms with Crippen LogP contribution in [0.4, 0.5) is 0 Å². The number of nitrogens with zero attached hydrogens (tertiary/aromatic N) is 1. The summed E-state index contributed by atoms with van der Waals surface area (Å²) >= 11 is 0. The number of nitrogens with one attached hydrogen (secondary N) is 1. The Balaban J connectivity index is 1.82. The van der Waals surface area contributed by atoms with E-state index in [0.717, 1.165) is 22.1 Å². The molecule has 3 rings (SSSR count). The van der Waals surface area contributed by atoms with E-state index < -0.39 is 0 Å². The zero-order chi connectivity index (χ0) is 19.4. The first-order valence-electron chi connectivity index (χ1n) is 8.80. The summed E-state index contributed by atoms with van der Waals surface area (Å²) in [5.41, 5.74) is 1.26. The Morgan fingerprint density at radius 1 is 1.07 bits per heavy atom. The van der Waals surface area contributed by atoms with Gasteiger partial charge in [0.1, 0.15) is 11.5 Å². The molecule has 2 N–H and O–H groups in total. The van der Waals surface area contributed by atoms with Gasteiger partial charge in [0.05, 0.1) is 18.7 Å². The Morgan fingerprint density at radius 2 is 1.70 bits per heavy atom. The third-order valence-electron chi connectivity index (χ3n) is 4.69. The van der Waals surface area contributed by atoms with Gasteiger partial charge in [0.25, 0.3) is 5.91 Å². The van der Waals surface area contributed by atoms with Crippen LogP contribution in [0.1, 0.15) is 22.0 Å². The lowest BCUT2D eigenvalue weighted by Crippen LogP contribution is -2.34. The molecule has 5 nitrogen and oxygen atoms in total. The molecule has 3 aromatic carbocycles. The van der Waals surface area contributed by atoms with E-state index in [2.05, 4.69) is 5.32 Å². The number of phenols is 1. The van der Waals surface area contributed by atoms with Crippen molar-refractivity contribution >= 4 is 16.7 Å². The fourth-order valence-corrected chi connectivity index (χ4v) is 3.21. The van der Waals surface area contributed by atoms with Gasteiger partial charge in [0, 0.05) is 12.1 Å². The van der Waals surface area contributed by atoms with E-state index in [-0.39, 0.29) is 23.3 Å². The van der Waals surface area contributed by atoms with Crippen molar-refractivity contribution in [1.29, 1.82) is 0 Å². The van der Waals surface area contributed by atoms with Crippen molar-refractivity contribution in [3.63, 3.8) is 0 Å². The second kappa shape index (κ2) is 8.10. The van der Waals surface area contributed by atoms with Crippen LogP contribution < -0.4 is 10.1 Å². The van der Waals surface area contributed by atoms with Crippen molar-refractivity contribution in [3.8, 4) is 11.5 Å². The fourth-order valence-electron chi connectivity index (χ4n) is 3.21. The first kappa shape index (κ1) is 18.7. The van der Waals surface area contributed by atoms with Crippen LogP contribution in [0.3, 0.4) is 0 Å². The molecule has 0 fully saturated rings. The Kier molecular flexibility index (Phi) is 5.62. The molecule has 1 amide bonds. The summed E-state index contributed by atoms with van der Waals surface area (Å²) in [6, 6.07) is 18.7. The molecule has 0 aliphatic rings. The molecular weight excluding hydrogens is 340 g/mol. The van der Waals surface area contributed by atoms with Crippen molar-refractivity contribution in [2.24, 2.45) is 0 Å². The van der Waals surface area contributed by atoms with E-state index >= 15 is 0 Å². The number of phenolic OH excluding ortho intramolecular Hbond substituents is 1. The molecule has 0 aromatic heterocycles. The highest BCUT2D eigenvalue weighted by molar-refractivity contribution is 6.01. The van der Waals surface area contributed by atoms with Gasteiger partial charge in [-0.05, 0) is 43.1 Å². The normalized spacial score (nSPS) is 12.1. The maximum atomic E-state index is 12.7. The number of fused-ring (bicyclic) bond motifs is 1. The summed E-state index contributed by atoms with van der Waals surface area (Å²) in [6.07, 6.45) is 0. The molecule has 0 saturated heterocycles. The van der Waals surface area contributed by atoms with Crippen molar-refractivity contribution in [1.82, 2.24) is 10.2 Å². The van der Waals surface area contributed by atoms with Gasteiger partial charge in [-0.1, -0.05) is 42.5 Å². The zero-order valence-corrected chi connectivity index (χ0v) is 15.8. The Labute approximate surface area is 159 Å². The summed E-state index contributed by atoms with van der Waals surface area (Å²) in [6.45, 7) is 0.387. The van der Waals surface area contributed by atoms with Crippen LogP contribution >= 0.6 is 0 Å². The van der Waals surface area contributed by atoms with Crippen molar-refractivity contribution in [3.05, 3.63) is 71.8 Å². The molecule has 27 heavy (non-hydrogen) atoms. The first-order valence-corrected chi connectivity index (χ1v) is 8.80. The predicted molar refractivity (Wildman–Crippen MR) is 107 cm³/mol. The molecule has 1 atom stereocenters. The van der Waals surface area contributed by atoms with Gasteiger partial charge < -0.3 is 20.1 Å². The molecule has 0 radical (unpaired) electrons. The van der Waals surface area contributed by atoms with Gasteiger partial charge >= 0.3 is 0 Å². The maximum absolute atomic E-state index is 12.7. The number of hydrogen-bond donors (Lipinski definition) is 2. The van der Waals surface area contributed by atoms with Crippen molar-refractivity contribution in [2.45, 2.75) is 6.04 Å². The van der Waals surface area contributed by atoms with E-state index in [4.69, 9.17) is 4.74 Å². The van der Waals surface area contributed by atoms with E-state index in [1.54, 1.807) is 19.2 Å². The van der Waals surface area contributed by atoms with E-state index in [1.165, 1.54) is 0 Å². The smallest absolute Gasteiger partial charge is 0.255 e. The zero-order valence-electron chi connectivity index (χ0n) is 15.8. The number of aromatic hydroxyl groups is 1. The van der Waals surface area contributed by atoms with Crippen LogP contribution in [0.15, 0.2) is 60.7 Å². The van der Waals surface area contributed by atoms with E-state index in [0.29, 0.717) is 6.54 Å². The summed E-state index contributed by atoms with van der Waals surface area (Å²) in [5.74, 6) is 0.448. The maximum Gasteiger partial charge on any atom is 0.255 e. The molecule has 5 heteroatoms. The molecule has 0 heterocycles. The van der Waals surface area contributed by atoms with Gasteiger partial charge in [0.15, 0.2) is 0 Å². The lowest BCUT2D eigenvalue weighted by molar-refractivity contribution is 0.0939. The fraction of sp³-hybridized carbons (Fsp3) is 0.227. The number of likely N-dealkylation sites (N-methyl/N-ethyl adjacent to an activating group) is 1. The third-order valence-corrected chi connectivity index (χ3v) is 4.69. The highest BCUT2D eigenvalue weighted by Crippen LogP contribution is 2.28. The molecule has 3 aromatic rings. The van der Waals surface area contributed by atoms with Crippen LogP contribution in [-0.2, 0) is 0 Å². The first-order chi connectivity index (χ1) is 13.0. The van der Waals surface area contributed by atoms with Gasteiger partial charge in [-0.25, -0.2) is 0 Å². The molecule has 140 valence electrons. The lowest BCUT2D eigenvalue weighted by Gasteiger charge is -2.26. The predicted octanol–water partition coefficient (Wildman–Crippen LogP) is 3.59. The standard InChI is InChI=1S/C22H24N2O3/c1-24(2)19(17-10-6-7-11-21(17)27-3)14-23-22(26)18-12-15-8-4-5-9-16(15)13-20(18)25/h4-13,19,25H,14H2,1-3H3,(H,23,26). The van der Waals surface area contributed by atoms with Gasteiger partial charge in [-0.3, -0.25) is 4.79 Å². The quantitative estimate of drug-likeness (QED) is 0.702. The molecule has 0 spiro atoms. The van der Waals surface area contributed by atoms with Crippen LogP contribution in [0.5, 0.6) is 11.5 Å². The number of carbonyl (C=O) groups is 1. The minimum absolute atomic E-state index is 0.0232. The number of amides is 1. The Morgan fingerprint density at radius 3 is 2.37 bits per heavy atom. The largest absolute Gasteiger partial charge is 0.507 e.